The number of fused-ring (bicyclic) bond motifs is 1. The second-order valence-corrected chi connectivity index (χ2v) is 3.45. The van der Waals surface area contributed by atoms with E-state index < -0.39 is 0 Å². The standard InChI is InChI=1S/C12H15NO/c1-3-10-12-9(7-8-13-10)5-4-6-11(12)14-2/h3-6,10,13H,1,7-8H2,2H3. The molecule has 2 rings (SSSR count). The monoisotopic (exact) mass is 189 g/mol. The molecule has 1 atom stereocenters. The van der Waals surface area contributed by atoms with Gasteiger partial charge in [0.1, 0.15) is 5.75 Å². The molecule has 1 aromatic carbocycles. The number of nitrogens with one attached hydrogen (secondary N) is 1. The molecule has 1 aliphatic rings. The van der Waals surface area contributed by atoms with Crippen LogP contribution in [0.2, 0.25) is 0 Å². The molecule has 0 saturated heterocycles. The largest absolute Gasteiger partial charge is 0.496 e. The Morgan fingerprint density at radius 3 is 3.14 bits per heavy atom. The first-order chi connectivity index (χ1) is 6.86. The summed E-state index contributed by atoms with van der Waals surface area (Å²) in [6.07, 6.45) is 3.00. The highest BCUT2D eigenvalue weighted by molar-refractivity contribution is 5.45. The Labute approximate surface area is 84.6 Å². The molecule has 0 bridgehead atoms. The van der Waals surface area contributed by atoms with E-state index in [9.17, 15) is 0 Å². The molecular weight excluding hydrogens is 174 g/mol. The Morgan fingerprint density at radius 1 is 1.57 bits per heavy atom. The van der Waals surface area contributed by atoms with E-state index in [4.69, 9.17) is 4.74 Å². The molecule has 1 N–H and O–H groups in total. The molecule has 0 fully saturated rings. The summed E-state index contributed by atoms with van der Waals surface area (Å²) in [4.78, 5) is 0. The summed E-state index contributed by atoms with van der Waals surface area (Å²) in [5, 5.41) is 3.40. The molecule has 0 aromatic heterocycles. The Hall–Kier alpha value is -1.28. The highest BCUT2D eigenvalue weighted by atomic mass is 16.5. The van der Waals surface area contributed by atoms with Gasteiger partial charge in [-0.2, -0.15) is 0 Å². The molecular formula is C12H15NO. The van der Waals surface area contributed by atoms with Crippen molar-refractivity contribution in [2.45, 2.75) is 12.5 Å². The van der Waals surface area contributed by atoms with Gasteiger partial charge in [0, 0.05) is 12.1 Å². The van der Waals surface area contributed by atoms with E-state index in [-0.39, 0.29) is 6.04 Å². The average molecular weight is 189 g/mol. The van der Waals surface area contributed by atoms with Crippen LogP contribution in [0.4, 0.5) is 0 Å². The minimum Gasteiger partial charge on any atom is -0.496 e. The van der Waals surface area contributed by atoms with Gasteiger partial charge < -0.3 is 10.1 Å². The van der Waals surface area contributed by atoms with Crippen molar-refractivity contribution in [3.8, 4) is 5.75 Å². The van der Waals surface area contributed by atoms with Crippen LogP contribution in [0.1, 0.15) is 17.2 Å². The quantitative estimate of drug-likeness (QED) is 0.719. The van der Waals surface area contributed by atoms with Gasteiger partial charge in [-0.3, -0.25) is 0 Å². The molecule has 1 aliphatic heterocycles. The van der Waals surface area contributed by atoms with Crippen molar-refractivity contribution in [2.75, 3.05) is 13.7 Å². The van der Waals surface area contributed by atoms with E-state index in [1.807, 2.05) is 18.2 Å². The molecule has 14 heavy (non-hydrogen) atoms. The Bertz CT molecular complexity index is 332. The maximum absolute atomic E-state index is 5.36. The summed E-state index contributed by atoms with van der Waals surface area (Å²) in [6.45, 7) is 4.85. The fraction of sp³-hybridized carbons (Fsp3) is 0.333. The van der Waals surface area contributed by atoms with Crippen LogP contribution in [-0.4, -0.2) is 13.7 Å². The van der Waals surface area contributed by atoms with E-state index in [1.165, 1.54) is 11.1 Å². The van der Waals surface area contributed by atoms with Gasteiger partial charge >= 0.3 is 0 Å². The minimum atomic E-state index is 0.231. The third kappa shape index (κ3) is 1.42. The van der Waals surface area contributed by atoms with Crippen LogP contribution in [-0.2, 0) is 6.42 Å². The molecule has 0 amide bonds. The van der Waals surface area contributed by atoms with Gasteiger partial charge in [0.15, 0.2) is 0 Å². The van der Waals surface area contributed by atoms with Crippen molar-refractivity contribution in [2.24, 2.45) is 0 Å². The lowest BCUT2D eigenvalue weighted by Gasteiger charge is -2.26. The molecule has 0 radical (unpaired) electrons. The average Bonchev–Trinajstić information content (AvgIpc) is 2.27. The number of hydrogen-bond donors (Lipinski definition) is 1. The number of ether oxygens (including phenoxy) is 1. The van der Waals surface area contributed by atoms with Gasteiger partial charge in [-0.05, 0) is 18.1 Å². The summed E-state index contributed by atoms with van der Waals surface area (Å²) in [5.74, 6) is 0.958. The van der Waals surface area contributed by atoms with Gasteiger partial charge in [0.25, 0.3) is 0 Å². The maximum Gasteiger partial charge on any atom is 0.124 e. The SMILES string of the molecule is C=CC1NCCc2cccc(OC)c21. The zero-order valence-corrected chi connectivity index (χ0v) is 8.42. The molecule has 0 spiro atoms. The van der Waals surface area contributed by atoms with Crippen LogP contribution < -0.4 is 10.1 Å². The molecule has 1 aromatic rings. The van der Waals surface area contributed by atoms with Crippen LogP contribution in [0.3, 0.4) is 0 Å². The number of hydrogen-bond acceptors (Lipinski definition) is 2. The lowest BCUT2D eigenvalue weighted by Crippen LogP contribution is -2.28. The van der Waals surface area contributed by atoms with Crippen LogP contribution in [0.15, 0.2) is 30.9 Å². The fourth-order valence-corrected chi connectivity index (χ4v) is 2.00. The van der Waals surface area contributed by atoms with Gasteiger partial charge in [-0.25, -0.2) is 0 Å². The van der Waals surface area contributed by atoms with Crippen LogP contribution in [0, 0.1) is 0 Å². The summed E-state index contributed by atoms with van der Waals surface area (Å²) in [6, 6.07) is 6.44. The highest BCUT2D eigenvalue weighted by Crippen LogP contribution is 2.31. The maximum atomic E-state index is 5.36. The minimum absolute atomic E-state index is 0.231. The molecule has 1 heterocycles. The first-order valence-electron chi connectivity index (χ1n) is 4.88. The summed E-state index contributed by atoms with van der Waals surface area (Å²) in [5.41, 5.74) is 2.62. The predicted octanol–water partition coefficient (Wildman–Crippen LogP) is 2.07. The van der Waals surface area contributed by atoms with Gasteiger partial charge in [-0.1, -0.05) is 18.2 Å². The molecule has 2 heteroatoms. The van der Waals surface area contributed by atoms with E-state index >= 15 is 0 Å². The smallest absolute Gasteiger partial charge is 0.124 e. The lowest BCUT2D eigenvalue weighted by atomic mass is 9.93. The van der Waals surface area contributed by atoms with Gasteiger partial charge in [0.2, 0.25) is 0 Å². The van der Waals surface area contributed by atoms with Gasteiger partial charge in [-0.15, -0.1) is 6.58 Å². The first-order valence-corrected chi connectivity index (χ1v) is 4.88. The zero-order valence-electron chi connectivity index (χ0n) is 8.42. The summed E-state index contributed by atoms with van der Waals surface area (Å²) in [7, 11) is 1.71. The fourth-order valence-electron chi connectivity index (χ4n) is 2.00. The van der Waals surface area contributed by atoms with E-state index in [0.717, 1.165) is 18.7 Å². The second-order valence-electron chi connectivity index (χ2n) is 3.45. The molecule has 74 valence electrons. The van der Waals surface area contributed by atoms with Crippen molar-refractivity contribution in [3.63, 3.8) is 0 Å². The molecule has 1 unspecified atom stereocenters. The Morgan fingerprint density at radius 2 is 2.43 bits per heavy atom. The van der Waals surface area contributed by atoms with Crippen LogP contribution in [0.25, 0.3) is 0 Å². The topological polar surface area (TPSA) is 21.3 Å². The highest BCUT2D eigenvalue weighted by Gasteiger charge is 2.20. The summed E-state index contributed by atoms with van der Waals surface area (Å²) < 4.78 is 5.36. The van der Waals surface area contributed by atoms with Crippen LogP contribution >= 0.6 is 0 Å². The second kappa shape index (κ2) is 3.84. The van der Waals surface area contributed by atoms with E-state index in [1.54, 1.807) is 7.11 Å². The Kier molecular flexibility index (Phi) is 2.55. The van der Waals surface area contributed by atoms with E-state index in [0.29, 0.717) is 0 Å². The van der Waals surface area contributed by atoms with Crippen molar-refractivity contribution in [1.82, 2.24) is 5.32 Å². The molecule has 2 nitrogen and oxygen atoms in total. The van der Waals surface area contributed by atoms with Crippen molar-refractivity contribution in [3.05, 3.63) is 42.0 Å². The molecule has 0 aliphatic carbocycles. The third-order valence-electron chi connectivity index (χ3n) is 2.68. The van der Waals surface area contributed by atoms with E-state index in [2.05, 4.69) is 18.0 Å². The first kappa shape index (κ1) is 9.28. The van der Waals surface area contributed by atoms with Crippen molar-refractivity contribution in [1.29, 1.82) is 0 Å². The van der Waals surface area contributed by atoms with Gasteiger partial charge in [0.05, 0.1) is 13.2 Å². The number of benzene rings is 1. The normalized spacial score (nSPS) is 19.9. The third-order valence-corrected chi connectivity index (χ3v) is 2.68. The zero-order chi connectivity index (χ0) is 9.97. The van der Waals surface area contributed by atoms with Crippen LogP contribution in [0.5, 0.6) is 5.75 Å². The number of rotatable bonds is 2. The van der Waals surface area contributed by atoms with Crippen molar-refractivity contribution < 1.29 is 4.74 Å². The van der Waals surface area contributed by atoms with Crippen molar-refractivity contribution >= 4 is 0 Å². The Balaban J connectivity index is 2.51. The number of methoxy groups -OCH3 is 1. The predicted molar refractivity (Wildman–Crippen MR) is 57.6 cm³/mol. The summed E-state index contributed by atoms with van der Waals surface area (Å²) >= 11 is 0. The lowest BCUT2D eigenvalue weighted by molar-refractivity contribution is 0.400. The molecule has 0 saturated carbocycles.